The maximum Gasteiger partial charge on any atom is 0.404 e. The van der Waals surface area contributed by atoms with Crippen molar-refractivity contribution in [1.82, 2.24) is 9.78 Å². The fourth-order valence-electron chi connectivity index (χ4n) is 1.69. The number of nitro groups is 1. The minimum atomic E-state index is -0.668. The Labute approximate surface area is 127 Å². The first-order valence-electron chi connectivity index (χ1n) is 5.59. The van der Waals surface area contributed by atoms with Gasteiger partial charge in [0.05, 0.1) is 11.3 Å². The van der Waals surface area contributed by atoms with Gasteiger partial charge in [-0.25, -0.2) is 0 Å². The number of carbonyl (C=O) groups excluding carboxylic acids is 1. The van der Waals surface area contributed by atoms with E-state index in [0.717, 1.165) is 0 Å². The number of aromatic nitrogens is 2. The summed E-state index contributed by atoms with van der Waals surface area (Å²) in [6.45, 7) is 1.62. The summed E-state index contributed by atoms with van der Waals surface area (Å²) in [6.07, 6.45) is 1.41. The minimum absolute atomic E-state index is 0.225. The minimum Gasteiger partial charge on any atom is -0.358 e. The predicted octanol–water partition coefficient (Wildman–Crippen LogP) is 3.65. The lowest BCUT2D eigenvalue weighted by Crippen LogP contribution is -2.17. The number of hydrogen-bond acceptors (Lipinski definition) is 4. The smallest absolute Gasteiger partial charge is 0.358 e. The van der Waals surface area contributed by atoms with Crippen molar-refractivity contribution in [2.24, 2.45) is 0 Å². The standard InChI is InChI=1S/C12H9BrClN3O3/c1-7(11(18)8-3-2-4-9(14)5-8)16-6-10(13)12(15-16)17(19)20/h2-7H,1H3. The molecule has 2 aromatic rings. The van der Waals surface area contributed by atoms with Gasteiger partial charge in [-0.15, -0.1) is 0 Å². The van der Waals surface area contributed by atoms with Crippen LogP contribution >= 0.6 is 27.5 Å². The van der Waals surface area contributed by atoms with E-state index < -0.39 is 11.0 Å². The van der Waals surface area contributed by atoms with Crippen LogP contribution in [0.1, 0.15) is 23.3 Å². The van der Waals surface area contributed by atoms with Crippen molar-refractivity contribution in [3.63, 3.8) is 0 Å². The summed E-state index contributed by atoms with van der Waals surface area (Å²) in [4.78, 5) is 22.4. The molecule has 0 fully saturated rings. The highest BCUT2D eigenvalue weighted by atomic mass is 79.9. The lowest BCUT2D eigenvalue weighted by molar-refractivity contribution is -0.390. The van der Waals surface area contributed by atoms with E-state index in [-0.39, 0.29) is 16.1 Å². The Kier molecular flexibility index (Phi) is 4.20. The van der Waals surface area contributed by atoms with E-state index in [2.05, 4.69) is 21.0 Å². The van der Waals surface area contributed by atoms with Gasteiger partial charge in [0.1, 0.15) is 10.5 Å². The fraction of sp³-hybridized carbons (Fsp3) is 0.167. The zero-order valence-electron chi connectivity index (χ0n) is 10.3. The van der Waals surface area contributed by atoms with Gasteiger partial charge < -0.3 is 10.1 Å². The van der Waals surface area contributed by atoms with Crippen molar-refractivity contribution in [1.29, 1.82) is 0 Å². The quantitative estimate of drug-likeness (QED) is 0.475. The third-order valence-electron chi connectivity index (χ3n) is 2.73. The molecule has 0 spiro atoms. The van der Waals surface area contributed by atoms with Crippen molar-refractivity contribution in [3.8, 4) is 0 Å². The average Bonchev–Trinajstić information content (AvgIpc) is 2.79. The van der Waals surface area contributed by atoms with Crippen LogP contribution in [0.15, 0.2) is 34.9 Å². The molecule has 1 heterocycles. The molecule has 0 aliphatic rings. The van der Waals surface area contributed by atoms with Crippen LogP contribution in [0.25, 0.3) is 0 Å². The highest BCUT2D eigenvalue weighted by molar-refractivity contribution is 9.10. The molecule has 0 bridgehead atoms. The lowest BCUT2D eigenvalue weighted by Gasteiger charge is -2.07. The van der Waals surface area contributed by atoms with Gasteiger partial charge >= 0.3 is 5.82 Å². The van der Waals surface area contributed by atoms with Gasteiger partial charge in [0.25, 0.3) is 0 Å². The van der Waals surface area contributed by atoms with E-state index in [1.807, 2.05) is 0 Å². The Morgan fingerprint density at radius 1 is 1.55 bits per heavy atom. The van der Waals surface area contributed by atoms with Crippen molar-refractivity contribution >= 4 is 39.1 Å². The van der Waals surface area contributed by atoms with E-state index in [1.165, 1.54) is 10.9 Å². The van der Waals surface area contributed by atoms with Gasteiger partial charge in [0.2, 0.25) is 0 Å². The first kappa shape index (κ1) is 14.7. The number of carbonyl (C=O) groups is 1. The predicted molar refractivity (Wildman–Crippen MR) is 77.1 cm³/mol. The highest BCUT2D eigenvalue weighted by Crippen LogP contribution is 2.25. The van der Waals surface area contributed by atoms with Crippen LogP contribution in [-0.4, -0.2) is 20.5 Å². The molecular formula is C12H9BrClN3O3. The van der Waals surface area contributed by atoms with E-state index in [9.17, 15) is 14.9 Å². The van der Waals surface area contributed by atoms with Crippen LogP contribution in [0.2, 0.25) is 5.02 Å². The van der Waals surface area contributed by atoms with Crippen molar-refractivity contribution in [2.45, 2.75) is 13.0 Å². The number of nitrogens with zero attached hydrogens (tertiary/aromatic N) is 3. The van der Waals surface area contributed by atoms with Gasteiger partial charge in [-0.2, -0.15) is 4.68 Å². The van der Waals surface area contributed by atoms with Crippen molar-refractivity contribution in [3.05, 3.63) is 55.6 Å². The molecule has 6 nitrogen and oxygen atoms in total. The number of hydrogen-bond donors (Lipinski definition) is 0. The number of rotatable bonds is 4. The molecule has 2 rings (SSSR count). The lowest BCUT2D eigenvalue weighted by atomic mass is 10.1. The Morgan fingerprint density at radius 2 is 2.25 bits per heavy atom. The van der Waals surface area contributed by atoms with Crippen LogP contribution in [0, 0.1) is 10.1 Å². The van der Waals surface area contributed by atoms with Crippen LogP contribution in [0.5, 0.6) is 0 Å². The second-order valence-corrected chi connectivity index (χ2v) is 5.38. The maximum absolute atomic E-state index is 12.3. The van der Waals surface area contributed by atoms with Gasteiger partial charge in [-0.05, 0) is 39.9 Å². The number of benzene rings is 1. The Bertz CT molecular complexity index is 686. The second kappa shape index (κ2) is 5.72. The highest BCUT2D eigenvalue weighted by Gasteiger charge is 2.26. The summed E-state index contributed by atoms with van der Waals surface area (Å²) < 4.78 is 1.49. The zero-order chi connectivity index (χ0) is 14.9. The molecule has 20 heavy (non-hydrogen) atoms. The van der Waals surface area contributed by atoms with Gasteiger partial charge in [0, 0.05) is 10.6 Å². The molecule has 0 radical (unpaired) electrons. The first-order valence-corrected chi connectivity index (χ1v) is 6.76. The van der Waals surface area contributed by atoms with E-state index in [1.54, 1.807) is 31.2 Å². The third kappa shape index (κ3) is 2.88. The largest absolute Gasteiger partial charge is 0.404 e. The SMILES string of the molecule is CC(C(=O)c1cccc(Cl)c1)n1cc(Br)c([N+](=O)[O-])n1. The summed E-state index contributed by atoms with van der Waals surface area (Å²) >= 11 is 8.88. The topological polar surface area (TPSA) is 78.0 Å². The number of Topliss-reactive ketones (excluding diaryl/α,β-unsaturated/α-hetero) is 1. The molecule has 0 saturated heterocycles. The summed E-state index contributed by atoms with van der Waals surface area (Å²) in [6, 6.07) is 5.85. The molecule has 0 saturated carbocycles. The molecule has 1 aromatic carbocycles. The monoisotopic (exact) mass is 357 g/mol. The summed E-state index contributed by atoms with van der Waals surface area (Å²) in [7, 11) is 0. The van der Waals surface area contributed by atoms with Gasteiger partial charge in [-0.1, -0.05) is 23.7 Å². The average molecular weight is 359 g/mol. The fourth-order valence-corrected chi connectivity index (χ4v) is 2.31. The molecule has 1 aromatic heterocycles. The molecule has 1 atom stereocenters. The Morgan fingerprint density at radius 3 is 2.80 bits per heavy atom. The molecule has 1 unspecified atom stereocenters. The van der Waals surface area contributed by atoms with Crippen molar-refractivity contribution < 1.29 is 9.72 Å². The molecule has 0 amide bonds. The van der Waals surface area contributed by atoms with Crippen molar-refractivity contribution in [2.75, 3.05) is 0 Å². The van der Waals surface area contributed by atoms with Crippen LogP contribution < -0.4 is 0 Å². The normalized spacial score (nSPS) is 12.2. The molecule has 0 aliphatic carbocycles. The third-order valence-corrected chi connectivity index (χ3v) is 3.52. The van der Waals surface area contributed by atoms with E-state index >= 15 is 0 Å². The van der Waals surface area contributed by atoms with E-state index in [4.69, 9.17) is 11.6 Å². The zero-order valence-corrected chi connectivity index (χ0v) is 12.6. The number of halogens is 2. The molecule has 0 aliphatic heterocycles. The molecular weight excluding hydrogens is 350 g/mol. The summed E-state index contributed by atoms with van der Waals surface area (Å²) in [5.41, 5.74) is 0.430. The van der Waals surface area contributed by atoms with Gasteiger partial charge in [0.15, 0.2) is 5.78 Å². The Balaban J connectivity index is 2.31. The van der Waals surface area contributed by atoms with Crippen LogP contribution in [0.4, 0.5) is 5.82 Å². The molecule has 0 N–H and O–H groups in total. The molecule has 104 valence electrons. The van der Waals surface area contributed by atoms with E-state index in [0.29, 0.717) is 10.6 Å². The van der Waals surface area contributed by atoms with Crippen LogP contribution in [-0.2, 0) is 0 Å². The summed E-state index contributed by atoms with van der Waals surface area (Å²) in [5.74, 6) is -0.548. The second-order valence-electron chi connectivity index (χ2n) is 4.09. The number of ketones is 1. The maximum atomic E-state index is 12.3. The summed E-state index contributed by atoms with van der Waals surface area (Å²) in [5, 5.41) is 15.0. The van der Waals surface area contributed by atoms with Crippen LogP contribution in [0.3, 0.4) is 0 Å². The first-order chi connectivity index (χ1) is 9.40. The molecule has 8 heteroatoms. The Hall–Kier alpha value is -1.73. The van der Waals surface area contributed by atoms with Gasteiger partial charge in [-0.3, -0.25) is 4.79 Å².